The number of hydrogen-bond acceptors (Lipinski definition) is 4. The van der Waals surface area contributed by atoms with Crippen LogP contribution in [-0.4, -0.2) is 43.4 Å². The van der Waals surface area contributed by atoms with Crippen LogP contribution in [0.3, 0.4) is 0 Å². The number of aliphatic imine (C=N–C) groups is 1. The predicted molar refractivity (Wildman–Crippen MR) is 103 cm³/mol. The van der Waals surface area contributed by atoms with Crippen molar-refractivity contribution in [2.45, 2.75) is 53.7 Å². The zero-order chi connectivity index (χ0) is 18.5. The molecule has 0 saturated carbocycles. The number of nitrogens with one attached hydrogen (secondary N) is 2. The smallest absolute Gasteiger partial charge is 0.213 e. The summed E-state index contributed by atoms with van der Waals surface area (Å²) in [5, 5.41) is 6.52. The Labute approximate surface area is 152 Å². The maximum Gasteiger partial charge on any atom is 0.213 e. The van der Waals surface area contributed by atoms with E-state index in [0.717, 1.165) is 37.6 Å². The molecule has 0 saturated heterocycles. The third-order valence-corrected chi connectivity index (χ3v) is 3.30. The highest BCUT2D eigenvalue weighted by molar-refractivity contribution is 5.79. The molecule has 0 aliphatic rings. The summed E-state index contributed by atoms with van der Waals surface area (Å²) < 4.78 is 11.2. The second-order valence-electron chi connectivity index (χ2n) is 6.59. The van der Waals surface area contributed by atoms with Crippen LogP contribution < -0.4 is 15.4 Å². The molecule has 1 aromatic rings. The SMILES string of the molecule is CCNC(=NCc1ccc(OC(C)C)nc1)NCCOCCC(C)C. The first kappa shape index (κ1) is 21.2. The van der Waals surface area contributed by atoms with Crippen molar-refractivity contribution >= 4 is 5.96 Å². The van der Waals surface area contributed by atoms with Crippen LogP contribution in [-0.2, 0) is 11.3 Å². The first-order valence-electron chi connectivity index (χ1n) is 9.22. The van der Waals surface area contributed by atoms with Crippen LogP contribution in [0, 0.1) is 5.92 Å². The van der Waals surface area contributed by atoms with E-state index in [-0.39, 0.29) is 6.10 Å². The molecule has 6 heteroatoms. The Balaban J connectivity index is 2.38. The molecule has 6 nitrogen and oxygen atoms in total. The Kier molecular flexibility index (Phi) is 10.6. The summed E-state index contributed by atoms with van der Waals surface area (Å²) in [5.74, 6) is 2.11. The monoisotopic (exact) mass is 350 g/mol. The van der Waals surface area contributed by atoms with E-state index in [4.69, 9.17) is 9.47 Å². The third kappa shape index (κ3) is 10.6. The molecule has 0 aliphatic carbocycles. The fourth-order valence-corrected chi connectivity index (χ4v) is 1.99. The highest BCUT2D eigenvalue weighted by atomic mass is 16.5. The predicted octanol–water partition coefficient (Wildman–Crippen LogP) is 2.99. The zero-order valence-corrected chi connectivity index (χ0v) is 16.3. The van der Waals surface area contributed by atoms with Crippen molar-refractivity contribution in [1.82, 2.24) is 15.6 Å². The Hall–Kier alpha value is -1.82. The molecule has 0 spiro atoms. The molecule has 0 unspecified atom stereocenters. The average Bonchev–Trinajstić information content (AvgIpc) is 2.56. The molecule has 0 fully saturated rings. The first-order valence-corrected chi connectivity index (χ1v) is 9.22. The molecule has 1 aromatic heterocycles. The van der Waals surface area contributed by atoms with Gasteiger partial charge in [0, 0.05) is 32.0 Å². The van der Waals surface area contributed by atoms with Crippen LogP contribution in [0.1, 0.15) is 46.6 Å². The van der Waals surface area contributed by atoms with Crippen molar-refractivity contribution < 1.29 is 9.47 Å². The third-order valence-electron chi connectivity index (χ3n) is 3.30. The van der Waals surface area contributed by atoms with Crippen LogP contribution in [0.4, 0.5) is 0 Å². The summed E-state index contributed by atoms with van der Waals surface area (Å²) in [6, 6.07) is 3.88. The van der Waals surface area contributed by atoms with Gasteiger partial charge in [-0.15, -0.1) is 0 Å². The lowest BCUT2D eigenvalue weighted by atomic mass is 10.1. The van der Waals surface area contributed by atoms with Gasteiger partial charge in [-0.1, -0.05) is 19.9 Å². The lowest BCUT2D eigenvalue weighted by Gasteiger charge is -2.12. The summed E-state index contributed by atoms with van der Waals surface area (Å²) >= 11 is 0. The quantitative estimate of drug-likeness (QED) is 0.365. The number of ether oxygens (including phenoxy) is 2. The van der Waals surface area contributed by atoms with E-state index in [1.165, 1.54) is 0 Å². The zero-order valence-electron chi connectivity index (χ0n) is 16.3. The van der Waals surface area contributed by atoms with Gasteiger partial charge in [-0.05, 0) is 38.7 Å². The first-order chi connectivity index (χ1) is 12.0. The normalized spacial score (nSPS) is 11.9. The van der Waals surface area contributed by atoms with E-state index in [1.54, 1.807) is 6.20 Å². The highest BCUT2D eigenvalue weighted by Gasteiger charge is 2.01. The highest BCUT2D eigenvalue weighted by Crippen LogP contribution is 2.10. The summed E-state index contributed by atoms with van der Waals surface area (Å²) in [6.07, 6.45) is 3.03. The van der Waals surface area contributed by atoms with Gasteiger partial charge in [0.15, 0.2) is 5.96 Å². The number of rotatable bonds is 11. The summed E-state index contributed by atoms with van der Waals surface area (Å²) in [6.45, 7) is 14.0. The molecule has 2 N–H and O–H groups in total. The van der Waals surface area contributed by atoms with Gasteiger partial charge >= 0.3 is 0 Å². The Morgan fingerprint density at radius 3 is 2.56 bits per heavy atom. The number of nitrogens with zero attached hydrogens (tertiary/aromatic N) is 2. The topological polar surface area (TPSA) is 67.8 Å². The summed E-state index contributed by atoms with van der Waals surface area (Å²) in [4.78, 5) is 8.88. The van der Waals surface area contributed by atoms with Gasteiger partial charge in [-0.2, -0.15) is 0 Å². The van der Waals surface area contributed by atoms with E-state index in [1.807, 2.05) is 26.0 Å². The van der Waals surface area contributed by atoms with E-state index >= 15 is 0 Å². The molecule has 25 heavy (non-hydrogen) atoms. The largest absolute Gasteiger partial charge is 0.475 e. The van der Waals surface area contributed by atoms with Crippen molar-refractivity contribution in [3.63, 3.8) is 0 Å². The molecule has 0 aliphatic heterocycles. The fraction of sp³-hybridized carbons (Fsp3) is 0.684. The Morgan fingerprint density at radius 2 is 1.96 bits per heavy atom. The number of guanidine groups is 1. The lowest BCUT2D eigenvalue weighted by Crippen LogP contribution is -2.39. The van der Waals surface area contributed by atoms with Gasteiger partial charge < -0.3 is 20.1 Å². The van der Waals surface area contributed by atoms with Crippen molar-refractivity contribution in [2.24, 2.45) is 10.9 Å². The lowest BCUT2D eigenvalue weighted by molar-refractivity contribution is 0.128. The van der Waals surface area contributed by atoms with Crippen LogP contribution in [0.5, 0.6) is 5.88 Å². The second kappa shape index (κ2) is 12.5. The summed E-state index contributed by atoms with van der Waals surface area (Å²) in [5.41, 5.74) is 1.04. The number of aromatic nitrogens is 1. The van der Waals surface area contributed by atoms with Crippen molar-refractivity contribution in [3.8, 4) is 5.88 Å². The molecule has 142 valence electrons. The molecule has 1 rings (SSSR count). The van der Waals surface area contributed by atoms with Gasteiger partial charge in [-0.25, -0.2) is 9.98 Å². The molecular weight excluding hydrogens is 316 g/mol. The minimum atomic E-state index is 0.128. The maximum atomic E-state index is 5.61. The maximum absolute atomic E-state index is 5.61. The number of hydrogen-bond donors (Lipinski definition) is 2. The van der Waals surface area contributed by atoms with E-state index in [0.29, 0.717) is 24.9 Å². The minimum absolute atomic E-state index is 0.128. The standard InChI is InChI=1S/C19H34N4O2/c1-6-20-19(21-10-12-24-11-9-15(2)3)23-14-17-7-8-18(22-13-17)25-16(4)5/h7-8,13,15-16H,6,9-12,14H2,1-5H3,(H2,20,21,23). The van der Waals surface area contributed by atoms with Crippen LogP contribution in [0.25, 0.3) is 0 Å². The van der Waals surface area contributed by atoms with E-state index in [9.17, 15) is 0 Å². The molecule has 0 aromatic carbocycles. The molecule has 1 heterocycles. The van der Waals surface area contributed by atoms with Crippen LogP contribution in [0.2, 0.25) is 0 Å². The summed E-state index contributed by atoms with van der Waals surface area (Å²) in [7, 11) is 0. The van der Waals surface area contributed by atoms with Gasteiger partial charge in [-0.3, -0.25) is 0 Å². The van der Waals surface area contributed by atoms with Crippen LogP contribution in [0.15, 0.2) is 23.3 Å². The minimum Gasteiger partial charge on any atom is -0.475 e. The fourth-order valence-electron chi connectivity index (χ4n) is 1.99. The molecule has 0 radical (unpaired) electrons. The van der Waals surface area contributed by atoms with Crippen molar-refractivity contribution in [2.75, 3.05) is 26.3 Å². The molecule has 0 amide bonds. The number of pyridine rings is 1. The van der Waals surface area contributed by atoms with E-state index < -0.39 is 0 Å². The van der Waals surface area contributed by atoms with Gasteiger partial charge in [0.1, 0.15) is 0 Å². The van der Waals surface area contributed by atoms with Gasteiger partial charge in [0.05, 0.1) is 19.3 Å². The Bertz CT molecular complexity index is 487. The van der Waals surface area contributed by atoms with Crippen molar-refractivity contribution in [1.29, 1.82) is 0 Å². The van der Waals surface area contributed by atoms with Crippen LogP contribution >= 0.6 is 0 Å². The molecule has 0 bridgehead atoms. The second-order valence-corrected chi connectivity index (χ2v) is 6.59. The van der Waals surface area contributed by atoms with E-state index in [2.05, 4.69) is 41.4 Å². The molecular formula is C19H34N4O2. The van der Waals surface area contributed by atoms with Crippen molar-refractivity contribution in [3.05, 3.63) is 23.9 Å². The van der Waals surface area contributed by atoms with Gasteiger partial charge in [0.2, 0.25) is 5.88 Å². The van der Waals surface area contributed by atoms with Gasteiger partial charge in [0.25, 0.3) is 0 Å². The Morgan fingerprint density at radius 1 is 1.16 bits per heavy atom. The molecule has 0 atom stereocenters. The average molecular weight is 351 g/mol.